The number of non-ortho nitro benzene ring substituents is 1. The maximum Gasteiger partial charge on any atom is 0.338 e. The second-order valence-corrected chi connectivity index (χ2v) is 12.1. The summed E-state index contributed by atoms with van der Waals surface area (Å²) in [6, 6.07) is 12.4. The summed E-state index contributed by atoms with van der Waals surface area (Å²) in [6.07, 6.45) is 3.23. The standard InChI is InChI=1S/C33H27BrN4O10S/c1-5-13-47-22-10-7-20(8-11-22)29-28(32(40)46-6-2)18(3)35-33-36(29)31(39)27(49-33)16-19-14-23(34)30(26(15-19)45-4)48-25-12-9-21(37(41)42)17-24(25)38(43)44/h5,7-12,14-17,29H,1,6,13H2,2-4H3/b27-16-/t29-/m0/s1. The number of fused-ring (bicyclic) bond motifs is 1. The number of nitro groups is 2. The summed E-state index contributed by atoms with van der Waals surface area (Å²) in [4.78, 5) is 53.5. The van der Waals surface area contributed by atoms with Gasteiger partial charge in [0.1, 0.15) is 12.4 Å². The molecule has 0 fully saturated rings. The number of methoxy groups -OCH3 is 1. The number of hydrogen-bond acceptors (Lipinski definition) is 12. The van der Waals surface area contributed by atoms with Crippen molar-refractivity contribution >= 4 is 50.7 Å². The van der Waals surface area contributed by atoms with Crippen LogP contribution in [0.1, 0.15) is 31.0 Å². The number of allylic oxidation sites excluding steroid dienone is 1. The smallest absolute Gasteiger partial charge is 0.338 e. The molecule has 1 atom stereocenters. The van der Waals surface area contributed by atoms with Crippen molar-refractivity contribution in [2.45, 2.75) is 19.9 Å². The molecule has 0 bridgehead atoms. The highest BCUT2D eigenvalue weighted by molar-refractivity contribution is 9.10. The lowest BCUT2D eigenvalue weighted by Crippen LogP contribution is -2.39. The molecule has 16 heteroatoms. The Morgan fingerprint density at radius 1 is 1.10 bits per heavy atom. The molecule has 1 aliphatic heterocycles. The Bertz CT molecular complexity index is 2210. The first kappa shape index (κ1) is 34.7. The topological polar surface area (TPSA) is 175 Å². The second-order valence-electron chi connectivity index (χ2n) is 10.3. The van der Waals surface area contributed by atoms with Crippen LogP contribution in [0.5, 0.6) is 23.0 Å². The number of esters is 1. The van der Waals surface area contributed by atoms with E-state index in [2.05, 4.69) is 27.5 Å². The van der Waals surface area contributed by atoms with Gasteiger partial charge >= 0.3 is 11.7 Å². The second kappa shape index (κ2) is 14.7. The van der Waals surface area contributed by atoms with Gasteiger partial charge in [0.2, 0.25) is 5.75 Å². The Hall–Kier alpha value is -5.61. The van der Waals surface area contributed by atoms with Gasteiger partial charge in [-0.3, -0.25) is 29.6 Å². The van der Waals surface area contributed by atoms with E-state index in [9.17, 15) is 29.8 Å². The van der Waals surface area contributed by atoms with E-state index in [1.807, 2.05) is 0 Å². The number of carbonyl (C=O) groups is 1. The molecule has 49 heavy (non-hydrogen) atoms. The van der Waals surface area contributed by atoms with E-state index in [-0.39, 0.29) is 29.4 Å². The molecular weight excluding hydrogens is 724 g/mol. The molecule has 14 nitrogen and oxygen atoms in total. The number of carbonyl (C=O) groups excluding carboxylic acids is 1. The Kier molecular flexibility index (Phi) is 10.4. The third-order valence-corrected chi connectivity index (χ3v) is 8.76. The molecule has 0 saturated heterocycles. The molecule has 0 N–H and O–H groups in total. The molecule has 0 aliphatic carbocycles. The van der Waals surface area contributed by atoms with Crippen molar-refractivity contribution in [1.82, 2.24) is 4.57 Å². The average molecular weight is 752 g/mol. The van der Waals surface area contributed by atoms with Gasteiger partial charge in [-0.15, -0.1) is 0 Å². The van der Waals surface area contributed by atoms with Gasteiger partial charge in [-0.05, 0) is 77.3 Å². The van der Waals surface area contributed by atoms with E-state index in [1.165, 1.54) is 11.7 Å². The molecule has 1 aliphatic rings. The number of nitro benzene ring substituents is 2. The van der Waals surface area contributed by atoms with E-state index >= 15 is 0 Å². The van der Waals surface area contributed by atoms with Crippen LogP contribution >= 0.6 is 27.3 Å². The summed E-state index contributed by atoms with van der Waals surface area (Å²) >= 11 is 4.54. The first-order valence-corrected chi connectivity index (χ1v) is 16.1. The monoisotopic (exact) mass is 750 g/mol. The van der Waals surface area contributed by atoms with Crippen molar-refractivity contribution in [3.63, 3.8) is 0 Å². The quantitative estimate of drug-likeness (QED) is 0.0751. The van der Waals surface area contributed by atoms with Crippen LogP contribution in [0.15, 0.2) is 92.8 Å². The zero-order chi connectivity index (χ0) is 35.4. The van der Waals surface area contributed by atoms with Crippen LogP contribution < -0.4 is 29.1 Å². The van der Waals surface area contributed by atoms with E-state index < -0.39 is 38.8 Å². The number of nitrogens with zero attached hydrogens (tertiary/aromatic N) is 4. The van der Waals surface area contributed by atoms with Crippen LogP contribution in [0.3, 0.4) is 0 Å². The summed E-state index contributed by atoms with van der Waals surface area (Å²) in [7, 11) is 1.37. The number of ether oxygens (including phenoxy) is 4. The molecule has 1 aromatic heterocycles. The van der Waals surface area contributed by atoms with Gasteiger partial charge in [-0.25, -0.2) is 9.79 Å². The Labute approximate surface area is 290 Å². The van der Waals surface area contributed by atoms with Gasteiger partial charge < -0.3 is 18.9 Å². The number of halogens is 1. The predicted octanol–water partition coefficient (Wildman–Crippen LogP) is 5.74. The van der Waals surface area contributed by atoms with E-state index in [1.54, 1.807) is 62.4 Å². The summed E-state index contributed by atoms with van der Waals surface area (Å²) in [6.45, 7) is 7.48. The number of thiazole rings is 1. The third kappa shape index (κ3) is 7.14. The molecule has 252 valence electrons. The van der Waals surface area contributed by atoms with Crippen molar-refractivity contribution in [3.8, 4) is 23.0 Å². The van der Waals surface area contributed by atoms with Crippen LogP contribution in [0.4, 0.5) is 11.4 Å². The van der Waals surface area contributed by atoms with Crippen LogP contribution in [0.2, 0.25) is 0 Å². The first-order chi connectivity index (χ1) is 23.5. The first-order valence-electron chi connectivity index (χ1n) is 14.5. The summed E-state index contributed by atoms with van der Waals surface area (Å²) in [5.74, 6) is -0.0349. The lowest BCUT2D eigenvalue weighted by Gasteiger charge is -2.24. The highest BCUT2D eigenvalue weighted by Crippen LogP contribution is 2.43. The minimum absolute atomic E-state index is 0.0632. The Morgan fingerprint density at radius 3 is 2.47 bits per heavy atom. The van der Waals surface area contributed by atoms with Crippen LogP contribution in [-0.2, 0) is 9.53 Å². The van der Waals surface area contributed by atoms with Crippen LogP contribution in [-0.4, -0.2) is 40.7 Å². The number of rotatable bonds is 12. The third-order valence-electron chi connectivity index (χ3n) is 7.19. The van der Waals surface area contributed by atoms with E-state index in [0.29, 0.717) is 43.0 Å². The SMILES string of the molecule is C=CCOc1ccc([C@H]2C(C(=O)OCC)=C(C)N=c3s/c(=C\c4cc(Br)c(Oc5ccc([N+](=O)[O-])cc5[N+](=O)[O-])c(OC)c4)c(=O)n32)cc1. The van der Waals surface area contributed by atoms with Gasteiger partial charge in [-0.2, -0.15) is 0 Å². The van der Waals surface area contributed by atoms with Crippen molar-refractivity contribution < 1.29 is 33.6 Å². The van der Waals surface area contributed by atoms with E-state index in [4.69, 9.17) is 18.9 Å². The molecular formula is C33H27BrN4O10S. The fourth-order valence-corrected chi connectivity index (χ4v) is 6.63. The zero-order valence-electron chi connectivity index (χ0n) is 26.2. The van der Waals surface area contributed by atoms with Gasteiger partial charge in [0.05, 0.1) is 55.9 Å². The normalized spacial score (nSPS) is 14.0. The maximum absolute atomic E-state index is 14.1. The fraction of sp³-hybridized carbons (Fsp3) is 0.182. The maximum atomic E-state index is 14.1. The molecule has 0 unspecified atom stereocenters. The summed E-state index contributed by atoms with van der Waals surface area (Å²) < 4.78 is 24.4. The van der Waals surface area contributed by atoms with Crippen molar-refractivity contribution in [3.05, 3.63) is 134 Å². The number of hydrogen-bond donors (Lipinski definition) is 0. The van der Waals surface area contributed by atoms with Crippen molar-refractivity contribution in [1.29, 1.82) is 0 Å². The minimum atomic E-state index is -0.833. The number of aromatic nitrogens is 1. The minimum Gasteiger partial charge on any atom is -0.493 e. The number of benzene rings is 3. The molecule has 0 radical (unpaired) electrons. The van der Waals surface area contributed by atoms with Crippen molar-refractivity contribution in [2.75, 3.05) is 20.3 Å². The highest BCUT2D eigenvalue weighted by Gasteiger charge is 2.33. The molecule has 4 aromatic rings. The zero-order valence-corrected chi connectivity index (χ0v) is 28.6. The Morgan fingerprint density at radius 2 is 1.84 bits per heavy atom. The van der Waals surface area contributed by atoms with Gasteiger partial charge in [0.15, 0.2) is 16.3 Å². The molecule has 5 rings (SSSR count). The lowest BCUT2D eigenvalue weighted by atomic mass is 9.96. The molecule has 2 heterocycles. The van der Waals surface area contributed by atoms with Gasteiger partial charge in [-0.1, -0.05) is 36.1 Å². The highest BCUT2D eigenvalue weighted by atomic mass is 79.9. The molecule has 0 amide bonds. The van der Waals surface area contributed by atoms with Crippen molar-refractivity contribution in [2.24, 2.45) is 4.99 Å². The Balaban J connectivity index is 1.59. The molecule has 0 spiro atoms. The summed E-state index contributed by atoms with van der Waals surface area (Å²) in [5, 5.41) is 22.8. The predicted molar refractivity (Wildman–Crippen MR) is 183 cm³/mol. The van der Waals surface area contributed by atoms with Gasteiger partial charge in [0.25, 0.3) is 11.2 Å². The summed E-state index contributed by atoms with van der Waals surface area (Å²) in [5.41, 5.74) is 0.291. The van der Waals surface area contributed by atoms with Crippen LogP contribution in [0.25, 0.3) is 6.08 Å². The lowest BCUT2D eigenvalue weighted by molar-refractivity contribution is -0.394. The molecule has 3 aromatic carbocycles. The van der Waals surface area contributed by atoms with Gasteiger partial charge in [0, 0.05) is 6.07 Å². The molecule has 0 saturated carbocycles. The fourth-order valence-electron chi connectivity index (χ4n) is 5.04. The average Bonchev–Trinajstić information content (AvgIpc) is 3.37. The largest absolute Gasteiger partial charge is 0.493 e. The van der Waals surface area contributed by atoms with Crippen LogP contribution in [0, 0.1) is 20.2 Å². The van der Waals surface area contributed by atoms with E-state index in [0.717, 1.165) is 29.5 Å².